The number of pyridine rings is 1. The van der Waals surface area contributed by atoms with Crippen LogP contribution in [0.3, 0.4) is 0 Å². The molecule has 0 saturated heterocycles. The lowest BCUT2D eigenvalue weighted by Crippen LogP contribution is -2.24. The van der Waals surface area contributed by atoms with E-state index in [2.05, 4.69) is 10.1 Å². The van der Waals surface area contributed by atoms with Crippen LogP contribution in [0.1, 0.15) is 36.8 Å². The Morgan fingerprint density at radius 1 is 1.17 bits per heavy atom. The normalized spacial score (nSPS) is 15.0. The van der Waals surface area contributed by atoms with Crippen LogP contribution in [0.5, 0.6) is 0 Å². The van der Waals surface area contributed by atoms with E-state index in [1.807, 2.05) is 0 Å². The molecule has 0 amide bonds. The molecule has 0 bridgehead atoms. The van der Waals surface area contributed by atoms with Gasteiger partial charge in [0.25, 0.3) is 5.56 Å². The van der Waals surface area contributed by atoms with Crippen molar-refractivity contribution >= 4 is 20.6 Å². The highest BCUT2D eigenvalue weighted by atomic mass is 32.2. The predicted octanol–water partition coefficient (Wildman–Crippen LogP) is 3.47. The Labute approximate surface area is 163 Å². The van der Waals surface area contributed by atoms with Gasteiger partial charge < -0.3 is 0 Å². The lowest BCUT2D eigenvalue weighted by atomic mass is 10.1. The molecule has 2 heterocycles. The number of benzene rings is 1. The lowest BCUT2D eigenvalue weighted by Gasteiger charge is -2.13. The number of nitrogens with zero attached hydrogens (tertiary/aromatic N) is 3. The van der Waals surface area contributed by atoms with E-state index in [9.17, 15) is 26.4 Å². The third-order valence-corrected chi connectivity index (χ3v) is 6.66. The Morgan fingerprint density at radius 2 is 1.90 bits per heavy atom. The first-order valence-corrected chi connectivity index (χ1v) is 10.6. The number of hydrogen-bond acceptors (Lipinski definition) is 5. The average Bonchev–Trinajstić information content (AvgIpc) is 3.52. The van der Waals surface area contributed by atoms with Gasteiger partial charge in [-0.3, -0.25) is 4.79 Å². The first kappa shape index (κ1) is 19.6. The maximum Gasteiger partial charge on any atom is 0.416 e. The fourth-order valence-electron chi connectivity index (χ4n) is 3.11. The van der Waals surface area contributed by atoms with E-state index in [0.717, 1.165) is 47.5 Å². The third kappa shape index (κ3) is 3.52. The van der Waals surface area contributed by atoms with E-state index >= 15 is 0 Å². The van der Waals surface area contributed by atoms with Crippen LogP contribution in [0.4, 0.5) is 13.2 Å². The Hall–Kier alpha value is -2.75. The van der Waals surface area contributed by atoms with Crippen LogP contribution in [-0.4, -0.2) is 28.9 Å². The summed E-state index contributed by atoms with van der Waals surface area (Å²) in [5.74, 6) is -0.0833. The predicted molar refractivity (Wildman–Crippen MR) is 99.8 cm³/mol. The van der Waals surface area contributed by atoms with Crippen molar-refractivity contribution in [3.63, 3.8) is 0 Å². The second-order valence-corrected chi connectivity index (χ2v) is 9.18. The molecule has 152 valence electrons. The fraction of sp³-hybridized carbons (Fsp3) is 0.316. The van der Waals surface area contributed by atoms with Crippen molar-refractivity contribution in [2.24, 2.45) is 0 Å². The van der Waals surface area contributed by atoms with E-state index < -0.39 is 27.1 Å². The Kier molecular flexibility index (Phi) is 4.49. The van der Waals surface area contributed by atoms with Crippen molar-refractivity contribution in [3.05, 3.63) is 58.1 Å². The molecule has 1 aromatic carbocycles. The van der Waals surface area contributed by atoms with Gasteiger partial charge in [0.15, 0.2) is 15.7 Å². The molecule has 0 radical (unpaired) electrons. The molecule has 1 aliphatic carbocycles. The number of hydrogen-bond donors (Lipinski definition) is 0. The van der Waals surface area contributed by atoms with Crippen molar-refractivity contribution < 1.29 is 21.6 Å². The summed E-state index contributed by atoms with van der Waals surface area (Å²) >= 11 is 0. The number of rotatable bonds is 4. The molecule has 0 N–H and O–H groups in total. The van der Waals surface area contributed by atoms with Crippen molar-refractivity contribution in [2.75, 3.05) is 5.75 Å². The summed E-state index contributed by atoms with van der Waals surface area (Å²) in [6, 6.07) is 4.22. The molecule has 0 aliphatic heterocycles. The highest BCUT2D eigenvalue weighted by Gasteiger charge is 2.31. The summed E-state index contributed by atoms with van der Waals surface area (Å²) in [5, 5.41) is 3.91. The summed E-state index contributed by atoms with van der Waals surface area (Å²) in [5.41, 5.74) is -0.856. The lowest BCUT2D eigenvalue weighted by molar-refractivity contribution is -0.137. The number of aromatic nitrogens is 3. The monoisotopic (exact) mass is 423 g/mol. The molecule has 0 unspecified atom stereocenters. The molecule has 2 aromatic heterocycles. The standard InChI is InChI=1S/C19H16F3N3O3S/c1-2-29(27,28)16-8-12(11-3-4-11)9-23-17(16)25-18(26)15-6-5-14(19(20,21)22)7-13(15)10-24-25/h5-11H,2-4H2,1H3. The second-order valence-electron chi connectivity index (χ2n) is 6.93. The van der Waals surface area contributed by atoms with Crippen molar-refractivity contribution in [1.29, 1.82) is 0 Å². The van der Waals surface area contributed by atoms with E-state index in [4.69, 9.17) is 0 Å². The molecular weight excluding hydrogens is 407 g/mol. The average molecular weight is 423 g/mol. The van der Waals surface area contributed by atoms with Crippen LogP contribution in [0.2, 0.25) is 0 Å². The van der Waals surface area contributed by atoms with Gasteiger partial charge in [-0.1, -0.05) is 6.92 Å². The highest BCUT2D eigenvalue weighted by Crippen LogP contribution is 2.41. The van der Waals surface area contributed by atoms with E-state index in [1.54, 1.807) is 0 Å². The molecule has 10 heteroatoms. The number of sulfone groups is 1. The molecule has 1 saturated carbocycles. The maximum absolute atomic E-state index is 12.9. The Bertz CT molecular complexity index is 1280. The van der Waals surface area contributed by atoms with Gasteiger partial charge in [0.2, 0.25) is 0 Å². The van der Waals surface area contributed by atoms with Crippen LogP contribution >= 0.6 is 0 Å². The van der Waals surface area contributed by atoms with Crippen LogP contribution in [-0.2, 0) is 16.0 Å². The van der Waals surface area contributed by atoms with Gasteiger partial charge in [-0.2, -0.15) is 23.0 Å². The second kappa shape index (κ2) is 6.65. The highest BCUT2D eigenvalue weighted by molar-refractivity contribution is 7.91. The zero-order valence-corrected chi connectivity index (χ0v) is 16.1. The molecule has 6 nitrogen and oxygen atoms in total. The van der Waals surface area contributed by atoms with Gasteiger partial charge in [0.1, 0.15) is 4.90 Å². The van der Waals surface area contributed by atoms with Crippen LogP contribution in [0.15, 0.2) is 46.3 Å². The van der Waals surface area contributed by atoms with Crippen molar-refractivity contribution in [2.45, 2.75) is 36.8 Å². The quantitative estimate of drug-likeness (QED) is 0.642. The first-order valence-electron chi connectivity index (χ1n) is 8.94. The van der Waals surface area contributed by atoms with E-state index in [0.29, 0.717) is 0 Å². The van der Waals surface area contributed by atoms with Gasteiger partial charge in [-0.25, -0.2) is 13.4 Å². The van der Waals surface area contributed by atoms with Crippen molar-refractivity contribution in [1.82, 2.24) is 14.8 Å². The molecule has 4 rings (SSSR count). The minimum atomic E-state index is -4.55. The van der Waals surface area contributed by atoms with Crippen molar-refractivity contribution in [3.8, 4) is 5.82 Å². The van der Waals surface area contributed by atoms with Crippen LogP contribution in [0, 0.1) is 0 Å². The van der Waals surface area contributed by atoms with Gasteiger partial charge in [0.05, 0.1) is 22.9 Å². The number of fused-ring (bicyclic) bond motifs is 1. The molecule has 0 atom stereocenters. The SMILES string of the molecule is CCS(=O)(=O)c1cc(C2CC2)cnc1-n1ncc2cc(C(F)(F)F)ccc2c1=O. The van der Waals surface area contributed by atoms with Gasteiger partial charge in [0, 0.05) is 11.6 Å². The summed E-state index contributed by atoms with van der Waals surface area (Å²) < 4.78 is 64.8. The fourth-order valence-corrected chi connectivity index (χ4v) is 4.16. The molecule has 3 aromatic rings. The smallest absolute Gasteiger partial charge is 0.267 e. The number of halogens is 3. The molecule has 0 spiro atoms. The molecule has 1 fully saturated rings. The van der Waals surface area contributed by atoms with Gasteiger partial charge in [-0.15, -0.1) is 0 Å². The van der Waals surface area contributed by atoms with Gasteiger partial charge >= 0.3 is 6.18 Å². The first-order chi connectivity index (χ1) is 13.6. The van der Waals surface area contributed by atoms with Crippen LogP contribution in [0.25, 0.3) is 16.6 Å². The minimum Gasteiger partial charge on any atom is -0.267 e. The summed E-state index contributed by atoms with van der Waals surface area (Å²) in [6.07, 6.45) is -0.0339. The minimum absolute atomic E-state index is 0.00979. The van der Waals surface area contributed by atoms with E-state index in [-0.39, 0.29) is 33.2 Å². The summed E-state index contributed by atoms with van der Waals surface area (Å²) in [4.78, 5) is 17.0. The topological polar surface area (TPSA) is 81.9 Å². The number of alkyl halides is 3. The maximum atomic E-state index is 12.9. The van der Waals surface area contributed by atoms with Crippen LogP contribution < -0.4 is 5.56 Å². The third-order valence-electron chi connectivity index (χ3n) is 4.93. The van der Waals surface area contributed by atoms with E-state index in [1.165, 1.54) is 19.2 Å². The molecule has 1 aliphatic rings. The summed E-state index contributed by atoms with van der Waals surface area (Å²) in [7, 11) is -3.71. The Balaban J connectivity index is 1.93. The largest absolute Gasteiger partial charge is 0.416 e. The molecular formula is C19H16F3N3O3S. The molecule has 29 heavy (non-hydrogen) atoms. The Morgan fingerprint density at radius 3 is 2.52 bits per heavy atom. The van der Waals surface area contributed by atoms with Gasteiger partial charge in [-0.05, 0) is 48.6 Å². The zero-order valence-electron chi connectivity index (χ0n) is 15.3. The summed E-state index contributed by atoms with van der Waals surface area (Å²) in [6.45, 7) is 1.48. The zero-order chi connectivity index (χ0) is 21.0.